The smallest absolute Gasteiger partial charge is 0.252 e. The fraction of sp³-hybridized carbons (Fsp3) is 0. The summed E-state index contributed by atoms with van der Waals surface area (Å²) in [6.45, 7) is -0.419. The van der Waals surface area contributed by atoms with Gasteiger partial charge in [-0.05, 0) is 147 Å². The first-order chi connectivity index (χ1) is 66.6. The Morgan fingerprint density at radius 3 is 0.843 bits per heavy atom. The van der Waals surface area contributed by atoms with Crippen molar-refractivity contribution in [3.8, 4) is 101 Å². The van der Waals surface area contributed by atoms with Crippen molar-refractivity contribution in [1.82, 2.24) is 18.3 Å². The zero-order chi connectivity index (χ0) is 88.0. The predicted octanol–water partition coefficient (Wildman–Crippen LogP) is 31.6. The lowest BCUT2D eigenvalue weighted by molar-refractivity contribution is 1.16. The van der Waals surface area contributed by atoms with E-state index in [-0.39, 0.29) is 0 Å². The largest absolute Gasteiger partial charge is 0.355 e. The van der Waals surface area contributed by atoms with Gasteiger partial charge in [-0.2, -0.15) is 0 Å². The highest BCUT2D eigenvalue weighted by atomic mass is 15.2. The molecule has 1 N–H and O–H groups in total. The third-order valence-electron chi connectivity index (χ3n) is 28.1. The van der Waals surface area contributed by atoms with Crippen LogP contribution in [0.3, 0.4) is 0 Å². The molecule has 4 aromatic heterocycles. The molecule has 624 valence electrons. The average molecular weight is 1700 g/mol. The number of hydrogen-bond acceptors (Lipinski definition) is 3. The summed E-state index contributed by atoms with van der Waals surface area (Å²) in [4.78, 5) is 5.50. The number of anilines is 8. The van der Waals surface area contributed by atoms with Crippen LogP contribution < -0.4 is 31.5 Å². The SMILES string of the molecule is c1ccc(Nc2c(-c3ccccc3)cccc2-c2cccc(-c3cccc4c5ccccc5n(-c5ccccc5)c34)c2N2c3ccc(-c4ccccc4)cc3B3c4cc(-c5ccccc5)ccc4N(c4c(-c5cccc6c7ccccc7n(-c7ccccc7)c56)cccc4-c4cccc5c6ccccc6n(-c6ccccc6)c45)c4cc(-n5c6ccccc6c6ccccc65)cc2c43)cc1. The minimum absolute atomic E-state index is 0.419. The maximum Gasteiger partial charge on any atom is 0.252 e. The normalized spacial score (nSPS) is 12.3. The molecule has 21 aromatic carbocycles. The van der Waals surface area contributed by atoms with E-state index in [0.29, 0.717) is 0 Å². The molecule has 2 aliphatic rings. The van der Waals surface area contributed by atoms with E-state index in [1.165, 1.54) is 32.4 Å². The van der Waals surface area contributed by atoms with Crippen molar-refractivity contribution in [1.29, 1.82) is 0 Å². The first-order valence-corrected chi connectivity index (χ1v) is 46.2. The molecule has 0 bridgehead atoms. The van der Waals surface area contributed by atoms with E-state index < -0.39 is 6.71 Å². The molecule has 8 heteroatoms. The van der Waals surface area contributed by atoms with E-state index >= 15 is 0 Å². The zero-order valence-electron chi connectivity index (χ0n) is 73.0. The van der Waals surface area contributed by atoms with Crippen molar-refractivity contribution in [2.75, 3.05) is 15.1 Å². The maximum atomic E-state index is 4.18. The summed E-state index contributed by atoms with van der Waals surface area (Å²) < 4.78 is 10.1. The van der Waals surface area contributed by atoms with Crippen LogP contribution in [-0.4, -0.2) is 25.0 Å². The number of rotatable bonds is 15. The Balaban J connectivity index is 0.859. The van der Waals surface area contributed by atoms with E-state index in [1.807, 2.05) is 0 Å². The zero-order valence-corrected chi connectivity index (χ0v) is 73.0. The van der Waals surface area contributed by atoms with Gasteiger partial charge < -0.3 is 33.4 Å². The standard InChI is InChI=1S/C126H82BN7/c1-8-38-82(39-9-1)85-74-76-116-109(78-85)127-110-79-86(83-40-10-2-11-41-83)75-77-117(110)134(126-107(104-64-34-60-100-96-55-25-30-72-114(96)131(123(100)104)89-48-18-6-19-49-89)67-37-68-108(126)105-65-35-61-101-97-56-26-31-73-115(97)132(124(101)105)90-50-20-7-21-51-90)119-81-91(129-111-69-27-22-52-93(111)94-53-23-28-70-112(94)129)80-118(120(119)127)133(116)125-102(98-58-32-57-92(84-42-12-3-13-43-84)121(98)128-87-44-14-4-15-45-87)62-36-66-106(125)103-63-33-59-99-95-54-24-29-71-113(95)130(122(99)103)88-46-16-5-17-47-88/h1-81,128H. The first-order valence-electron chi connectivity index (χ1n) is 46.2. The second-order valence-electron chi connectivity index (χ2n) is 35.3. The van der Waals surface area contributed by atoms with Gasteiger partial charge in [0, 0.05) is 139 Å². The molecule has 0 spiro atoms. The van der Waals surface area contributed by atoms with E-state index in [1.54, 1.807) is 0 Å². The molecule has 0 unspecified atom stereocenters. The lowest BCUT2D eigenvalue weighted by Gasteiger charge is -2.46. The molecule has 0 fully saturated rings. The van der Waals surface area contributed by atoms with Crippen LogP contribution in [0.4, 0.5) is 45.5 Å². The number of nitrogens with zero attached hydrogens (tertiary/aromatic N) is 6. The van der Waals surface area contributed by atoms with E-state index in [4.69, 9.17) is 0 Å². The van der Waals surface area contributed by atoms with Crippen molar-refractivity contribution < 1.29 is 0 Å². The molecule has 25 aromatic rings. The van der Waals surface area contributed by atoms with Gasteiger partial charge in [0.2, 0.25) is 0 Å². The summed E-state index contributed by atoms with van der Waals surface area (Å²) in [5, 5.41) is 13.5. The average Bonchev–Trinajstić information content (AvgIpc) is 0.797. The molecule has 2 aliphatic heterocycles. The maximum absolute atomic E-state index is 4.18. The number of aromatic nitrogens is 4. The Hall–Kier alpha value is -17.7. The van der Waals surface area contributed by atoms with Crippen molar-refractivity contribution in [3.05, 3.63) is 491 Å². The Kier molecular flexibility index (Phi) is 17.7. The summed E-state index contributed by atoms with van der Waals surface area (Å²) in [7, 11) is 0. The first kappa shape index (κ1) is 76.3. The molecule has 0 atom stereocenters. The predicted molar refractivity (Wildman–Crippen MR) is 566 cm³/mol. The number of benzene rings is 21. The molecule has 0 saturated heterocycles. The summed E-state index contributed by atoms with van der Waals surface area (Å²) >= 11 is 0. The number of nitrogens with one attached hydrogen (secondary N) is 1. The Labute approximate surface area is 775 Å². The Morgan fingerprint density at radius 1 is 0.179 bits per heavy atom. The molecule has 0 amide bonds. The molecule has 27 rings (SSSR count). The quantitative estimate of drug-likeness (QED) is 0.104. The van der Waals surface area contributed by atoms with Gasteiger partial charge in [0.25, 0.3) is 6.71 Å². The summed E-state index contributed by atoms with van der Waals surface area (Å²) in [5.74, 6) is 0. The molecule has 7 nitrogen and oxygen atoms in total. The molecule has 134 heavy (non-hydrogen) atoms. The second-order valence-corrected chi connectivity index (χ2v) is 35.3. The number of fused-ring (bicyclic) bond motifs is 16. The molecule has 0 radical (unpaired) electrons. The monoisotopic (exact) mass is 1700 g/mol. The highest BCUT2D eigenvalue weighted by Gasteiger charge is 2.47. The minimum atomic E-state index is -0.419. The van der Waals surface area contributed by atoms with Crippen LogP contribution in [-0.2, 0) is 0 Å². The summed E-state index contributed by atoms with van der Waals surface area (Å²) in [6.07, 6.45) is 0. The van der Waals surface area contributed by atoms with E-state index in [0.717, 1.165) is 217 Å². The van der Waals surface area contributed by atoms with Crippen LogP contribution in [0, 0.1) is 0 Å². The van der Waals surface area contributed by atoms with E-state index in [2.05, 4.69) is 525 Å². The topological polar surface area (TPSA) is 38.2 Å². The van der Waals surface area contributed by atoms with Crippen LogP contribution >= 0.6 is 0 Å². The molecule has 0 saturated carbocycles. The lowest BCUT2D eigenvalue weighted by atomic mass is 9.33. The Bertz CT molecular complexity index is 8800. The van der Waals surface area contributed by atoms with Gasteiger partial charge in [0.05, 0.1) is 66.9 Å². The van der Waals surface area contributed by atoms with E-state index in [9.17, 15) is 0 Å². The third-order valence-corrected chi connectivity index (χ3v) is 28.1. The van der Waals surface area contributed by atoms with Gasteiger partial charge in [-0.3, -0.25) is 0 Å². The molecular weight excluding hydrogens is 1620 g/mol. The third kappa shape index (κ3) is 11.9. The van der Waals surface area contributed by atoms with Crippen LogP contribution in [0.2, 0.25) is 0 Å². The van der Waals surface area contributed by atoms with Gasteiger partial charge in [0.15, 0.2) is 0 Å². The van der Waals surface area contributed by atoms with Crippen molar-refractivity contribution >= 4 is 156 Å². The highest BCUT2D eigenvalue weighted by Crippen LogP contribution is 2.58. The molecule has 0 aliphatic carbocycles. The lowest BCUT2D eigenvalue weighted by Crippen LogP contribution is -2.61. The van der Waals surface area contributed by atoms with Gasteiger partial charge >= 0.3 is 0 Å². The summed E-state index contributed by atoms with van der Waals surface area (Å²) in [6, 6.07) is 184. The van der Waals surface area contributed by atoms with Crippen LogP contribution in [0.5, 0.6) is 0 Å². The van der Waals surface area contributed by atoms with Crippen molar-refractivity contribution in [3.63, 3.8) is 0 Å². The number of hydrogen-bond donors (Lipinski definition) is 1. The van der Waals surface area contributed by atoms with Crippen molar-refractivity contribution in [2.45, 2.75) is 0 Å². The van der Waals surface area contributed by atoms with Crippen molar-refractivity contribution in [2.24, 2.45) is 0 Å². The fourth-order valence-corrected chi connectivity index (χ4v) is 22.5. The highest BCUT2D eigenvalue weighted by molar-refractivity contribution is 7.00. The van der Waals surface area contributed by atoms with Gasteiger partial charge in [0.1, 0.15) is 0 Å². The fourth-order valence-electron chi connectivity index (χ4n) is 22.5. The molecular formula is C126H82BN7. The number of para-hydroxylation sites is 15. The second kappa shape index (κ2) is 31.0. The van der Waals surface area contributed by atoms with Gasteiger partial charge in [-0.1, -0.05) is 388 Å². The van der Waals surface area contributed by atoms with Crippen LogP contribution in [0.25, 0.3) is 188 Å². The minimum Gasteiger partial charge on any atom is -0.355 e. The Morgan fingerprint density at radius 2 is 0.463 bits per heavy atom. The van der Waals surface area contributed by atoms with Gasteiger partial charge in [-0.25, -0.2) is 0 Å². The molecule has 6 heterocycles. The van der Waals surface area contributed by atoms with Gasteiger partial charge in [-0.15, -0.1) is 0 Å². The van der Waals surface area contributed by atoms with Crippen LogP contribution in [0.1, 0.15) is 0 Å². The van der Waals surface area contributed by atoms with Crippen LogP contribution in [0.15, 0.2) is 491 Å². The summed E-state index contributed by atoms with van der Waals surface area (Å²) in [5.41, 5.74) is 40.0.